The molecule has 0 bridgehead atoms. The number of aryl methyl sites for hydroxylation is 1. The number of nitrogens with zero attached hydrogens (tertiary/aromatic N) is 1. The van der Waals surface area contributed by atoms with Gasteiger partial charge in [0, 0.05) is 18.3 Å². The van der Waals surface area contributed by atoms with E-state index in [0.29, 0.717) is 23.0 Å². The summed E-state index contributed by atoms with van der Waals surface area (Å²) >= 11 is 0. The first-order valence-corrected chi connectivity index (χ1v) is 13.4. The number of halogens is 1. The molecule has 200 valence electrons. The highest BCUT2D eigenvalue weighted by Crippen LogP contribution is 2.37. The van der Waals surface area contributed by atoms with E-state index < -0.39 is 17.8 Å². The van der Waals surface area contributed by atoms with Crippen LogP contribution in [0.2, 0.25) is 0 Å². The van der Waals surface area contributed by atoms with Crippen molar-refractivity contribution in [2.75, 3.05) is 22.1 Å². The molecule has 1 saturated carbocycles. The molecule has 2 amide bonds. The topological polar surface area (TPSA) is 81.7 Å². The second kappa shape index (κ2) is 12.6. The quantitative estimate of drug-likeness (QED) is 0.268. The maximum Gasteiger partial charge on any atom is 0.336 e. The Hall–Kier alpha value is -3.87. The summed E-state index contributed by atoms with van der Waals surface area (Å²) in [5.41, 5.74) is 4.01. The van der Waals surface area contributed by atoms with E-state index in [1.807, 2.05) is 43.3 Å². The van der Waals surface area contributed by atoms with E-state index in [0.717, 1.165) is 49.5 Å². The Morgan fingerprint density at radius 1 is 0.974 bits per heavy atom. The lowest BCUT2D eigenvalue weighted by Crippen LogP contribution is -2.38. The molecule has 0 atom stereocenters. The molecule has 3 N–H and O–H groups in total. The summed E-state index contributed by atoms with van der Waals surface area (Å²) in [6.07, 6.45) is 7.82. The lowest BCUT2D eigenvalue weighted by Gasteiger charge is -2.37. The van der Waals surface area contributed by atoms with Gasteiger partial charge in [0.2, 0.25) is 0 Å². The molecular formula is C31H36FN3O3. The first-order valence-electron chi connectivity index (χ1n) is 13.4. The van der Waals surface area contributed by atoms with Crippen LogP contribution in [-0.4, -0.2) is 29.7 Å². The molecule has 0 unspecified atom stereocenters. The molecule has 3 aromatic rings. The number of aromatic carboxylic acids is 1. The Bertz CT molecular complexity index is 1270. The number of carboxylic acids is 1. The smallest absolute Gasteiger partial charge is 0.336 e. The SMILES string of the molecule is CCCCN(c1ccc(-c2cc(F)ccc2C(=O)O)cc1NC(=O)Nc1ccc(C)cc1)C1CCCCC1. The molecule has 0 spiro atoms. The van der Waals surface area contributed by atoms with E-state index in [1.54, 1.807) is 6.07 Å². The Kier molecular flexibility index (Phi) is 9.00. The maximum absolute atomic E-state index is 14.2. The highest BCUT2D eigenvalue weighted by molar-refractivity contribution is 6.03. The molecule has 6 nitrogen and oxygen atoms in total. The van der Waals surface area contributed by atoms with Crippen LogP contribution in [0.25, 0.3) is 11.1 Å². The molecule has 0 heterocycles. The Balaban J connectivity index is 1.75. The van der Waals surface area contributed by atoms with Crippen molar-refractivity contribution in [3.8, 4) is 11.1 Å². The average Bonchev–Trinajstić information content (AvgIpc) is 2.91. The second-order valence-corrected chi connectivity index (χ2v) is 10.0. The highest BCUT2D eigenvalue weighted by Gasteiger charge is 2.24. The predicted molar refractivity (Wildman–Crippen MR) is 152 cm³/mol. The summed E-state index contributed by atoms with van der Waals surface area (Å²) in [4.78, 5) is 27.4. The fourth-order valence-electron chi connectivity index (χ4n) is 5.14. The van der Waals surface area contributed by atoms with Gasteiger partial charge >= 0.3 is 12.0 Å². The third-order valence-electron chi connectivity index (χ3n) is 7.15. The fraction of sp³-hybridized carbons (Fsp3) is 0.355. The third kappa shape index (κ3) is 6.71. The predicted octanol–water partition coefficient (Wildman–Crippen LogP) is 8.08. The minimum Gasteiger partial charge on any atom is -0.478 e. The fourth-order valence-corrected chi connectivity index (χ4v) is 5.14. The van der Waals surface area contributed by atoms with Gasteiger partial charge in [-0.2, -0.15) is 0 Å². The van der Waals surface area contributed by atoms with Crippen molar-refractivity contribution in [2.45, 2.75) is 64.8 Å². The van der Waals surface area contributed by atoms with Gasteiger partial charge < -0.3 is 20.6 Å². The lowest BCUT2D eigenvalue weighted by atomic mass is 9.92. The van der Waals surface area contributed by atoms with Gasteiger partial charge in [0.15, 0.2) is 0 Å². The van der Waals surface area contributed by atoms with Crippen molar-refractivity contribution in [3.05, 3.63) is 77.6 Å². The number of hydrogen-bond acceptors (Lipinski definition) is 3. The first-order chi connectivity index (χ1) is 18.4. The molecule has 1 aliphatic carbocycles. The minimum absolute atomic E-state index is 0.00401. The monoisotopic (exact) mass is 517 g/mol. The van der Waals surface area contributed by atoms with Crippen molar-refractivity contribution < 1.29 is 19.1 Å². The zero-order valence-electron chi connectivity index (χ0n) is 22.1. The van der Waals surface area contributed by atoms with E-state index >= 15 is 0 Å². The van der Waals surface area contributed by atoms with E-state index in [9.17, 15) is 19.1 Å². The molecule has 1 fully saturated rings. The van der Waals surface area contributed by atoms with E-state index in [4.69, 9.17) is 0 Å². The largest absolute Gasteiger partial charge is 0.478 e. The van der Waals surface area contributed by atoms with Crippen molar-refractivity contribution in [1.82, 2.24) is 0 Å². The number of anilines is 3. The lowest BCUT2D eigenvalue weighted by molar-refractivity contribution is 0.0697. The number of unbranched alkanes of at least 4 members (excludes halogenated alkanes) is 1. The molecular weight excluding hydrogens is 481 g/mol. The van der Waals surface area contributed by atoms with E-state index in [1.165, 1.54) is 31.4 Å². The van der Waals surface area contributed by atoms with Gasteiger partial charge in [0.05, 0.1) is 16.9 Å². The highest BCUT2D eigenvalue weighted by atomic mass is 19.1. The summed E-state index contributed by atoms with van der Waals surface area (Å²) in [6, 6.07) is 16.6. The average molecular weight is 518 g/mol. The van der Waals surface area contributed by atoms with Crippen LogP contribution >= 0.6 is 0 Å². The van der Waals surface area contributed by atoms with Gasteiger partial charge in [-0.3, -0.25) is 0 Å². The Morgan fingerprint density at radius 2 is 1.71 bits per heavy atom. The van der Waals surface area contributed by atoms with Gasteiger partial charge in [-0.1, -0.05) is 56.4 Å². The summed E-state index contributed by atoms with van der Waals surface area (Å²) < 4.78 is 14.2. The van der Waals surface area contributed by atoms with Crippen molar-refractivity contribution >= 4 is 29.1 Å². The zero-order valence-corrected chi connectivity index (χ0v) is 22.1. The van der Waals surface area contributed by atoms with Gasteiger partial charge in [0.1, 0.15) is 5.82 Å². The molecule has 0 radical (unpaired) electrons. The van der Waals surface area contributed by atoms with Crippen LogP contribution < -0.4 is 15.5 Å². The molecule has 0 aromatic heterocycles. The second-order valence-electron chi connectivity index (χ2n) is 10.0. The van der Waals surface area contributed by atoms with Crippen LogP contribution in [0.5, 0.6) is 0 Å². The Morgan fingerprint density at radius 3 is 2.39 bits per heavy atom. The number of carbonyl (C=O) groups excluding carboxylic acids is 1. The van der Waals surface area contributed by atoms with Crippen molar-refractivity contribution in [2.24, 2.45) is 0 Å². The Labute approximate surface area is 223 Å². The van der Waals surface area contributed by atoms with Gasteiger partial charge in [-0.05, 0) is 79.8 Å². The molecule has 38 heavy (non-hydrogen) atoms. The third-order valence-corrected chi connectivity index (χ3v) is 7.15. The van der Waals surface area contributed by atoms with Gasteiger partial charge in [0.25, 0.3) is 0 Å². The van der Waals surface area contributed by atoms with Crippen LogP contribution in [0.3, 0.4) is 0 Å². The van der Waals surface area contributed by atoms with Crippen LogP contribution in [-0.2, 0) is 0 Å². The number of rotatable bonds is 9. The zero-order chi connectivity index (χ0) is 27.1. The molecule has 7 heteroatoms. The summed E-state index contributed by atoms with van der Waals surface area (Å²) in [7, 11) is 0. The maximum atomic E-state index is 14.2. The molecule has 0 aliphatic heterocycles. The van der Waals surface area contributed by atoms with Crippen LogP contribution in [0.4, 0.5) is 26.2 Å². The first kappa shape index (κ1) is 27.2. The number of carboxylic acid groups (broad SMARTS) is 1. The van der Waals surface area contributed by atoms with Crippen LogP contribution in [0.15, 0.2) is 60.7 Å². The number of carbonyl (C=O) groups is 2. The number of amides is 2. The van der Waals surface area contributed by atoms with Gasteiger partial charge in [-0.15, -0.1) is 0 Å². The van der Waals surface area contributed by atoms with Gasteiger partial charge in [-0.25, -0.2) is 14.0 Å². The van der Waals surface area contributed by atoms with Crippen molar-refractivity contribution in [3.63, 3.8) is 0 Å². The molecule has 0 saturated heterocycles. The number of hydrogen-bond donors (Lipinski definition) is 3. The summed E-state index contributed by atoms with van der Waals surface area (Å²) in [5, 5.41) is 15.6. The van der Waals surface area contributed by atoms with E-state index in [-0.39, 0.29) is 11.1 Å². The standard InChI is InChI=1S/C31H36FN3O3/c1-3-4-18-35(25-8-6-5-7-9-25)29-17-12-22(27-20-23(32)13-16-26(27)30(36)37)19-28(29)34-31(38)33-24-14-10-21(2)11-15-24/h10-17,19-20,25H,3-9,18H2,1-2H3,(H,36,37)(H2,33,34,38). The summed E-state index contributed by atoms with van der Waals surface area (Å²) in [6.45, 7) is 5.00. The van der Waals surface area contributed by atoms with Crippen LogP contribution in [0, 0.1) is 12.7 Å². The van der Waals surface area contributed by atoms with Crippen molar-refractivity contribution in [1.29, 1.82) is 0 Å². The number of benzene rings is 3. The number of urea groups is 1. The summed E-state index contributed by atoms with van der Waals surface area (Å²) in [5.74, 6) is -1.66. The number of nitrogens with one attached hydrogen (secondary N) is 2. The normalized spacial score (nSPS) is 13.7. The molecule has 4 rings (SSSR count). The van der Waals surface area contributed by atoms with Crippen LogP contribution in [0.1, 0.15) is 67.8 Å². The minimum atomic E-state index is -1.14. The molecule has 1 aliphatic rings. The van der Waals surface area contributed by atoms with E-state index in [2.05, 4.69) is 22.5 Å². The molecule has 3 aromatic carbocycles.